The van der Waals surface area contributed by atoms with Crippen molar-refractivity contribution >= 4 is 28.5 Å². The first-order valence-corrected chi connectivity index (χ1v) is 18.2. The van der Waals surface area contributed by atoms with E-state index >= 15 is 4.39 Å². The average Bonchev–Trinajstić information content (AvgIpc) is 3.13. The molecule has 51 heavy (non-hydrogen) atoms. The number of aromatic amines is 1. The Morgan fingerprint density at radius 2 is 1.59 bits per heavy atom. The third kappa shape index (κ3) is 8.74. The molecule has 0 unspecified atom stereocenters. The van der Waals surface area contributed by atoms with Gasteiger partial charge >= 0.3 is 6.03 Å². The number of aromatic nitrogens is 2. The molecule has 0 aliphatic carbocycles. The summed E-state index contributed by atoms with van der Waals surface area (Å²) in [5, 5.41) is 2.20. The Labute approximate surface area is 295 Å². The Hall–Kier alpha value is -3.98. The van der Waals surface area contributed by atoms with Crippen LogP contribution in [0.3, 0.4) is 0 Å². The van der Waals surface area contributed by atoms with Crippen molar-refractivity contribution in [3.63, 3.8) is 0 Å². The topological polar surface area (TPSA) is 129 Å². The molecule has 4 fully saturated rings. The highest BCUT2D eigenvalue weighted by molar-refractivity contribution is 6.05. The maximum atomic E-state index is 15.2. The van der Waals surface area contributed by atoms with Crippen molar-refractivity contribution < 1.29 is 32.6 Å². The lowest BCUT2D eigenvalue weighted by Crippen LogP contribution is -2.49. The number of nitrogens with zero attached hydrogens (tertiary/aromatic N) is 4. The molecule has 4 aliphatic rings. The van der Waals surface area contributed by atoms with E-state index in [2.05, 4.69) is 25.1 Å². The Balaban J connectivity index is 0.832. The number of hydrogen-bond donors (Lipinski definition) is 2. The number of ether oxygens (including phenoxy) is 3. The average molecular weight is 709 g/mol. The van der Waals surface area contributed by atoms with Gasteiger partial charge in [0.25, 0.3) is 5.56 Å². The SMILES string of the molecule is O=C1CCN(c2ccc(C3CCN(CCN4CCC(COc5cc(F)c6c(=O)[nH]c(COC7CCOCC7)nc6c5)CC4)CC3)c(F)c2)C(=O)N1. The van der Waals surface area contributed by atoms with Gasteiger partial charge in [0.2, 0.25) is 5.91 Å². The van der Waals surface area contributed by atoms with E-state index in [1.807, 2.05) is 0 Å². The first-order chi connectivity index (χ1) is 24.8. The van der Waals surface area contributed by atoms with Crippen molar-refractivity contribution in [2.45, 2.75) is 63.6 Å². The monoisotopic (exact) mass is 708 g/mol. The number of anilines is 1. The normalized spacial score (nSPS) is 20.6. The lowest BCUT2D eigenvalue weighted by Gasteiger charge is -2.36. The van der Waals surface area contributed by atoms with Crippen LogP contribution >= 0.6 is 0 Å². The molecule has 0 spiro atoms. The van der Waals surface area contributed by atoms with Crippen LogP contribution in [0.2, 0.25) is 0 Å². The molecule has 3 aromatic rings. The summed E-state index contributed by atoms with van der Waals surface area (Å²) in [6, 6.07) is 7.35. The van der Waals surface area contributed by atoms with Crippen LogP contribution in [0.1, 0.15) is 62.3 Å². The minimum Gasteiger partial charge on any atom is -0.493 e. The summed E-state index contributed by atoms with van der Waals surface area (Å²) in [6.45, 7) is 7.82. The van der Waals surface area contributed by atoms with Crippen LogP contribution in [0, 0.1) is 17.6 Å². The van der Waals surface area contributed by atoms with Crippen molar-refractivity contribution in [3.8, 4) is 5.75 Å². The summed E-state index contributed by atoms with van der Waals surface area (Å²) in [4.78, 5) is 49.7. The van der Waals surface area contributed by atoms with Crippen molar-refractivity contribution in [3.05, 3.63) is 63.7 Å². The summed E-state index contributed by atoms with van der Waals surface area (Å²) in [6.07, 6.45) is 5.54. The molecule has 1 aromatic heterocycles. The number of carbonyl (C=O) groups is 2. The third-order valence-electron chi connectivity index (χ3n) is 10.7. The number of piperidine rings is 2. The molecule has 12 nitrogen and oxygen atoms in total. The van der Waals surface area contributed by atoms with E-state index in [1.54, 1.807) is 18.2 Å². The number of nitrogens with one attached hydrogen (secondary N) is 2. The zero-order valence-corrected chi connectivity index (χ0v) is 28.8. The highest BCUT2D eigenvalue weighted by atomic mass is 19.1. The second-order valence-corrected chi connectivity index (χ2v) is 14.1. The molecule has 5 heterocycles. The van der Waals surface area contributed by atoms with E-state index in [0.29, 0.717) is 48.6 Å². The van der Waals surface area contributed by atoms with Crippen molar-refractivity contribution in [2.75, 3.05) is 70.5 Å². The van der Waals surface area contributed by atoms with Gasteiger partial charge in [0.1, 0.15) is 35.2 Å². The fourth-order valence-corrected chi connectivity index (χ4v) is 7.61. The van der Waals surface area contributed by atoms with Crippen LogP contribution in [0.5, 0.6) is 5.75 Å². The number of benzene rings is 2. The van der Waals surface area contributed by atoms with Crippen LogP contribution in [0.25, 0.3) is 10.9 Å². The number of fused-ring (bicyclic) bond motifs is 1. The van der Waals surface area contributed by atoms with Crippen LogP contribution in [0.15, 0.2) is 35.1 Å². The van der Waals surface area contributed by atoms with Crippen molar-refractivity contribution in [1.82, 2.24) is 25.1 Å². The molecule has 274 valence electrons. The molecular formula is C37H46F2N6O6. The lowest BCUT2D eigenvalue weighted by molar-refractivity contribution is -0.120. The van der Waals surface area contributed by atoms with Gasteiger partial charge in [-0.15, -0.1) is 0 Å². The molecule has 2 aromatic carbocycles. The van der Waals surface area contributed by atoms with Crippen LogP contribution in [-0.4, -0.2) is 103 Å². The zero-order valence-electron chi connectivity index (χ0n) is 28.8. The quantitative estimate of drug-likeness (QED) is 0.300. The number of H-pyrrole nitrogens is 1. The minimum atomic E-state index is -0.655. The number of amides is 3. The van der Waals surface area contributed by atoms with E-state index in [1.165, 1.54) is 17.0 Å². The number of likely N-dealkylation sites (tertiary alicyclic amines) is 2. The fraction of sp³-hybridized carbons (Fsp3) is 0.568. The first kappa shape index (κ1) is 35.4. The summed E-state index contributed by atoms with van der Waals surface area (Å²) in [5.41, 5.74) is 0.877. The smallest absolute Gasteiger partial charge is 0.328 e. The predicted molar refractivity (Wildman–Crippen MR) is 186 cm³/mol. The second-order valence-electron chi connectivity index (χ2n) is 14.1. The number of hydrogen-bond acceptors (Lipinski definition) is 9. The van der Waals surface area contributed by atoms with Gasteiger partial charge in [-0.25, -0.2) is 18.6 Å². The van der Waals surface area contributed by atoms with Gasteiger partial charge < -0.3 is 29.0 Å². The van der Waals surface area contributed by atoms with Gasteiger partial charge in [0, 0.05) is 57.1 Å². The summed E-state index contributed by atoms with van der Waals surface area (Å²) < 4.78 is 47.4. The highest BCUT2D eigenvalue weighted by Crippen LogP contribution is 2.32. The maximum absolute atomic E-state index is 15.2. The number of carbonyl (C=O) groups excluding carboxylic acids is 2. The maximum Gasteiger partial charge on any atom is 0.328 e. The molecule has 4 aliphatic heterocycles. The first-order valence-electron chi connectivity index (χ1n) is 18.2. The zero-order chi connectivity index (χ0) is 35.3. The van der Waals surface area contributed by atoms with E-state index in [4.69, 9.17) is 14.2 Å². The van der Waals surface area contributed by atoms with E-state index in [-0.39, 0.29) is 54.2 Å². The number of imide groups is 1. The molecule has 0 bridgehead atoms. The third-order valence-corrected chi connectivity index (χ3v) is 10.7. The lowest BCUT2D eigenvalue weighted by atomic mass is 9.89. The van der Waals surface area contributed by atoms with Crippen molar-refractivity contribution in [2.24, 2.45) is 5.92 Å². The molecule has 14 heteroatoms. The van der Waals surface area contributed by atoms with Crippen LogP contribution in [0.4, 0.5) is 19.3 Å². The number of urea groups is 1. The Morgan fingerprint density at radius 1 is 0.863 bits per heavy atom. The molecule has 0 atom stereocenters. The van der Waals surface area contributed by atoms with Gasteiger partial charge in [0.05, 0.1) is 18.2 Å². The number of halogens is 2. The summed E-state index contributed by atoms with van der Waals surface area (Å²) >= 11 is 0. The van der Waals surface area contributed by atoms with E-state index in [0.717, 1.165) is 77.8 Å². The number of rotatable bonds is 11. The minimum absolute atomic E-state index is 0.0488. The standard InChI is InChI=1S/C37H46F2N6O6/c38-30-19-26(45-14-7-34(46)42-37(45)48)1-2-29(30)25-5-12-44(13-6-25)16-15-43-10-3-24(4-11-43)22-50-28-20-31(39)35-32(21-28)40-33(41-36(35)47)23-51-27-8-17-49-18-9-27/h1-2,19-21,24-25,27H,3-18,22-23H2,(H,40,41,47)(H,42,46,48). The van der Waals surface area contributed by atoms with Crippen molar-refractivity contribution in [1.29, 1.82) is 0 Å². The van der Waals surface area contributed by atoms with Gasteiger partial charge in [-0.3, -0.25) is 19.8 Å². The molecule has 0 saturated carbocycles. The fourth-order valence-electron chi connectivity index (χ4n) is 7.61. The van der Waals surface area contributed by atoms with Gasteiger partial charge in [-0.1, -0.05) is 6.07 Å². The van der Waals surface area contributed by atoms with Crippen LogP contribution < -0.4 is 20.5 Å². The molecule has 3 amide bonds. The van der Waals surface area contributed by atoms with Gasteiger partial charge in [-0.05, 0) is 94.2 Å². The summed E-state index contributed by atoms with van der Waals surface area (Å²) in [7, 11) is 0. The van der Waals surface area contributed by atoms with E-state index in [9.17, 15) is 18.8 Å². The van der Waals surface area contributed by atoms with Gasteiger partial charge in [-0.2, -0.15) is 0 Å². The molecule has 4 saturated heterocycles. The Kier molecular flexibility index (Phi) is 11.2. The van der Waals surface area contributed by atoms with E-state index < -0.39 is 17.4 Å². The molecule has 0 radical (unpaired) electrons. The summed E-state index contributed by atoms with van der Waals surface area (Å²) in [5.74, 6) is -0.0688. The Bertz CT molecular complexity index is 1770. The molecule has 7 rings (SSSR count). The predicted octanol–water partition coefficient (Wildman–Crippen LogP) is 4.31. The highest BCUT2D eigenvalue weighted by Gasteiger charge is 2.28. The molecule has 2 N–H and O–H groups in total. The van der Waals surface area contributed by atoms with Gasteiger partial charge in [0.15, 0.2) is 0 Å². The molecular weight excluding hydrogens is 662 g/mol. The Morgan fingerprint density at radius 3 is 2.29 bits per heavy atom. The van der Waals surface area contributed by atoms with Crippen LogP contribution in [-0.2, 0) is 20.9 Å². The second kappa shape index (κ2) is 16.1. The largest absolute Gasteiger partial charge is 0.493 e.